The summed E-state index contributed by atoms with van der Waals surface area (Å²) in [5, 5.41) is 10.6. The third kappa shape index (κ3) is 6.01. The lowest BCUT2D eigenvalue weighted by atomic mass is 9.82. The van der Waals surface area contributed by atoms with Crippen molar-refractivity contribution < 1.29 is 33.0 Å². The molecule has 1 fully saturated rings. The molecule has 0 spiro atoms. The Morgan fingerprint density at radius 2 is 1.73 bits per heavy atom. The molecule has 200 valence electrons. The summed E-state index contributed by atoms with van der Waals surface area (Å²) in [5.74, 6) is -3.83. The number of ether oxygens (including phenoxy) is 3. The fourth-order valence-corrected chi connectivity index (χ4v) is 4.90. The molecule has 0 unspecified atom stereocenters. The Hall–Kier alpha value is -3.26. The molecule has 1 saturated heterocycles. The van der Waals surface area contributed by atoms with Crippen LogP contribution in [0.25, 0.3) is 0 Å². The topological polar surface area (TPSA) is 88.5 Å². The Labute approximate surface area is 223 Å². The number of fused-ring (bicyclic) bond motifs is 1. The second kappa shape index (κ2) is 12.3. The molecule has 2 aliphatic heterocycles. The SMILES string of the molecule is [2H]C([2H])(C(=O)N(CCCC)CCCC)N1C[C@H](c2ccc3c(c2)OCO3)[C@@]([2H])(C(=O)O)[C@@H]1c1ccc(OC)cc1. The third-order valence-corrected chi connectivity index (χ3v) is 6.93. The standard InChI is InChI=1S/C29H38N2O6/c1-4-6-14-30(15-7-5-2)26(32)18-31-17-23(21-10-13-24-25(16-21)37-19-36-24)27(29(33)34)28(31)20-8-11-22(35-3)12-9-20/h8-13,16,23,27-28H,4-7,14-15,17-19H2,1-3H3,(H,33,34)/t23-,27-,28+/m1/s1/i18D2,27D. The van der Waals surface area contributed by atoms with E-state index in [1.165, 1.54) is 12.0 Å². The summed E-state index contributed by atoms with van der Waals surface area (Å²) >= 11 is 0. The highest BCUT2D eigenvalue weighted by Gasteiger charge is 2.48. The number of hydrogen-bond acceptors (Lipinski definition) is 6. The van der Waals surface area contributed by atoms with Gasteiger partial charge >= 0.3 is 5.97 Å². The average Bonchev–Trinajstić information content (AvgIpc) is 3.55. The summed E-state index contributed by atoms with van der Waals surface area (Å²) in [6, 6.07) is 10.3. The van der Waals surface area contributed by atoms with Crippen molar-refractivity contribution in [2.75, 3.05) is 40.0 Å². The second-order valence-electron chi connectivity index (χ2n) is 9.36. The molecule has 37 heavy (non-hydrogen) atoms. The van der Waals surface area contributed by atoms with Crippen LogP contribution in [-0.4, -0.2) is 66.8 Å². The molecule has 2 aliphatic rings. The molecule has 4 rings (SSSR count). The maximum atomic E-state index is 13.9. The van der Waals surface area contributed by atoms with Gasteiger partial charge in [-0.2, -0.15) is 0 Å². The van der Waals surface area contributed by atoms with E-state index in [2.05, 4.69) is 0 Å². The molecule has 3 atom stereocenters. The van der Waals surface area contributed by atoms with Gasteiger partial charge in [-0.15, -0.1) is 0 Å². The number of likely N-dealkylation sites (tertiary alicyclic amines) is 1. The Morgan fingerprint density at radius 3 is 2.35 bits per heavy atom. The van der Waals surface area contributed by atoms with Gasteiger partial charge in [-0.1, -0.05) is 44.9 Å². The van der Waals surface area contributed by atoms with Crippen LogP contribution in [0.5, 0.6) is 17.2 Å². The smallest absolute Gasteiger partial charge is 0.309 e. The van der Waals surface area contributed by atoms with E-state index in [9.17, 15) is 16.1 Å². The Morgan fingerprint density at radius 1 is 1.08 bits per heavy atom. The quantitative estimate of drug-likeness (QED) is 0.440. The Bertz CT molecular complexity index is 1200. The summed E-state index contributed by atoms with van der Waals surface area (Å²) in [5.41, 5.74) is 0.909. The van der Waals surface area contributed by atoms with Crippen molar-refractivity contribution in [3.8, 4) is 17.2 Å². The lowest BCUT2D eigenvalue weighted by Crippen LogP contribution is -2.42. The van der Waals surface area contributed by atoms with Crippen LogP contribution in [0.3, 0.4) is 0 Å². The van der Waals surface area contributed by atoms with Gasteiger partial charge in [0, 0.05) is 33.0 Å². The van der Waals surface area contributed by atoms with Gasteiger partial charge in [-0.25, -0.2) is 0 Å². The number of nitrogens with zero attached hydrogens (tertiary/aromatic N) is 2. The number of carboxylic acid groups (broad SMARTS) is 1. The van der Waals surface area contributed by atoms with Crippen molar-refractivity contribution >= 4 is 11.9 Å². The second-order valence-corrected chi connectivity index (χ2v) is 9.36. The van der Waals surface area contributed by atoms with Crippen LogP contribution < -0.4 is 14.2 Å². The zero-order chi connectivity index (χ0) is 29.1. The lowest BCUT2D eigenvalue weighted by Gasteiger charge is -2.30. The van der Waals surface area contributed by atoms with Crippen molar-refractivity contribution in [1.29, 1.82) is 0 Å². The summed E-state index contributed by atoms with van der Waals surface area (Å²) in [6.07, 6.45) is 3.14. The molecule has 0 aromatic heterocycles. The van der Waals surface area contributed by atoms with Crippen molar-refractivity contribution in [3.05, 3.63) is 53.6 Å². The fourth-order valence-electron chi connectivity index (χ4n) is 4.90. The van der Waals surface area contributed by atoms with E-state index < -0.39 is 36.2 Å². The number of rotatable bonds is 12. The van der Waals surface area contributed by atoms with Gasteiger partial charge in [0.05, 0.1) is 22.2 Å². The zero-order valence-corrected chi connectivity index (χ0v) is 21.7. The highest BCUT2D eigenvalue weighted by atomic mass is 16.7. The van der Waals surface area contributed by atoms with Crippen molar-refractivity contribution in [2.24, 2.45) is 5.89 Å². The molecular weight excluding hydrogens is 472 g/mol. The van der Waals surface area contributed by atoms with Gasteiger partial charge in [-0.3, -0.25) is 14.5 Å². The zero-order valence-electron chi connectivity index (χ0n) is 24.7. The molecular formula is C29H38N2O6. The molecule has 1 amide bonds. The largest absolute Gasteiger partial charge is 0.497 e. The molecule has 2 aromatic carbocycles. The predicted octanol–water partition coefficient (Wildman–Crippen LogP) is 4.69. The Balaban J connectivity index is 1.82. The van der Waals surface area contributed by atoms with E-state index >= 15 is 0 Å². The number of carboxylic acids is 1. The van der Waals surface area contributed by atoms with Crippen molar-refractivity contribution in [3.63, 3.8) is 0 Å². The highest BCUT2D eigenvalue weighted by molar-refractivity contribution is 5.79. The number of aliphatic carboxylic acids is 1. The van der Waals surface area contributed by atoms with Crippen LogP contribution in [0.1, 0.15) is 66.7 Å². The van der Waals surface area contributed by atoms with Gasteiger partial charge < -0.3 is 24.2 Å². The monoisotopic (exact) mass is 513 g/mol. The number of carbonyl (C=O) groups excluding carboxylic acids is 1. The summed E-state index contributed by atoms with van der Waals surface area (Å²) in [6.45, 7) is 2.14. The summed E-state index contributed by atoms with van der Waals surface area (Å²) in [4.78, 5) is 29.7. The van der Waals surface area contributed by atoms with E-state index in [4.69, 9.17) is 17.0 Å². The average molecular weight is 514 g/mol. The first-order chi connectivity index (χ1) is 19.1. The molecule has 0 aliphatic carbocycles. The van der Waals surface area contributed by atoms with E-state index in [1.54, 1.807) is 47.4 Å². The van der Waals surface area contributed by atoms with Gasteiger partial charge in [0.15, 0.2) is 11.5 Å². The molecule has 2 heterocycles. The molecule has 0 saturated carbocycles. The maximum absolute atomic E-state index is 13.9. The first-order valence-corrected chi connectivity index (χ1v) is 12.9. The van der Waals surface area contributed by atoms with Crippen LogP contribution in [-0.2, 0) is 9.59 Å². The number of unbranched alkanes of at least 4 members (excludes halogenated alkanes) is 2. The summed E-state index contributed by atoms with van der Waals surface area (Å²) in [7, 11) is 1.51. The fraction of sp³-hybridized carbons (Fsp3) is 0.517. The van der Waals surface area contributed by atoms with Crippen LogP contribution in [0, 0.1) is 5.89 Å². The van der Waals surface area contributed by atoms with Crippen LogP contribution in [0.15, 0.2) is 42.5 Å². The molecule has 1 N–H and O–H groups in total. The lowest BCUT2D eigenvalue weighted by molar-refractivity contribution is -0.144. The minimum Gasteiger partial charge on any atom is -0.497 e. The van der Waals surface area contributed by atoms with E-state index in [0.29, 0.717) is 41.5 Å². The molecule has 8 heteroatoms. The van der Waals surface area contributed by atoms with Gasteiger partial charge in [0.25, 0.3) is 0 Å². The number of benzene rings is 2. The minimum absolute atomic E-state index is 0.0391. The van der Waals surface area contributed by atoms with Gasteiger partial charge in [-0.05, 0) is 48.2 Å². The molecule has 8 nitrogen and oxygen atoms in total. The van der Waals surface area contributed by atoms with Gasteiger partial charge in [0.1, 0.15) is 5.75 Å². The van der Waals surface area contributed by atoms with Gasteiger partial charge in [0.2, 0.25) is 12.7 Å². The predicted molar refractivity (Wildman–Crippen MR) is 140 cm³/mol. The Kier molecular flexibility index (Phi) is 7.63. The van der Waals surface area contributed by atoms with Crippen LogP contribution in [0.4, 0.5) is 0 Å². The third-order valence-electron chi connectivity index (χ3n) is 6.93. The number of amides is 1. The molecule has 0 bridgehead atoms. The minimum atomic E-state index is -2.57. The molecule has 2 aromatic rings. The van der Waals surface area contributed by atoms with E-state index in [1.807, 2.05) is 13.8 Å². The maximum Gasteiger partial charge on any atom is 0.309 e. The van der Waals surface area contributed by atoms with Crippen LogP contribution >= 0.6 is 0 Å². The first kappa shape index (κ1) is 22.9. The number of hydrogen-bond donors (Lipinski definition) is 1. The van der Waals surface area contributed by atoms with E-state index in [-0.39, 0.29) is 13.3 Å². The van der Waals surface area contributed by atoms with Crippen molar-refractivity contribution in [1.82, 2.24) is 9.80 Å². The normalized spacial score (nSPS) is 24.2. The highest BCUT2D eigenvalue weighted by Crippen LogP contribution is 2.47. The summed E-state index contributed by atoms with van der Waals surface area (Å²) < 4.78 is 43.9. The van der Waals surface area contributed by atoms with Crippen LogP contribution in [0.2, 0.25) is 0 Å². The first-order valence-electron chi connectivity index (χ1n) is 14.4. The molecule has 0 radical (unpaired) electrons. The van der Waals surface area contributed by atoms with E-state index in [0.717, 1.165) is 25.7 Å². The number of methoxy groups -OCH3 is 1. The van der Waals surface area contributed by atoms with Crippen molar-refractivity contribution in [2.45, 2.75) is 51.5 Å². The number of carbonyl (C=O) groups is 2.